The van der Waals surface area contributed by atoms with Crippen LogP contribution < -0.4 is 5.32 Å². The smallest absolute Gasteiger partial charge is 0.182 e. The zero-order valence-electron chi connectivity index (χ0n) is 7.70. The van der Waals surface area contributed by atoms with Gasteiger partial charge >= 0.3 is 0 Å². The number of aromatic nitrogens is 4. The summed E-state index contributed by atoms with van der Waals surface area (Å²) in [6.45, 7) is 2.37. The third-order valence-electron chi connectivity index (χ3n) is 1.74. The minimum absolute atomic E-state index is 0.571. The van der Waals surface area contributed by atoms with Gasteiger partial charge in [0.15, 0.2) is 11.5 Å². The Kier molecular flexibility index (Phi) is 2.28. The van der Waals surface area contributed by atoms with E-state index in [4.69, 9.17) is 0 Å². The van der Waals surface area contributed by atoms with E-state index < -0.39 is 0 Å². The van der Waals surface area contributed by atoms with Gasteiger partial charge in [0.1, 0.15) is 11.8 Å². The van der Waals surface area contributed by atoms with Crippen molar-refractivity contribution in [1.82, 2.24) is 19.9 Å². The van der Waals surface area contributed by atoms with Crippen molar-refractivity contribution < 1.29 is 0 Å². The van der Waals surface area contributed by atoms with Gasteiger partial charge < -0.3 is 10.3 Å². The third-order valence-corrected chi connectivity index (χ3v) is 1.74. The molecule has 0 saturated carbocycles. The van der Waals surface area contributed by atoms with Gasteiger partial charge in [-0.05, 0) is 6.92 Å². The van der Waals surface area contributed by atoms with Crippen LogP contribution >= 0.6 is 0 Å². The summed E-state index contributed by atoms with van der Waals surface area (Å²) >= 11 is 0. The highest BCUT2D eigenvalue weighted by Gasteiger charge is 2.03. The first-order valence-electron chi connectivity index (χ1n) is 4.19. The second-order valence-corrected chi connectivity index (χ2v) is 2.60. The summed E-state index contributed by atoms with van der Waals surface area (Å²) in [5.41, 5.74) is 1.47. The molecule has 0 spiro atoms. The van der Waals surface area contributed by atoms with Crippen LogP contribution in [-0.2, 0) is 0 Å². The minimum atomic E-state index is 0.571. The number of nitrogens with one attached hydrogen (secondary N) is 2. The predicted molar refractivity (Wildman–Crippen MR) is 53.6 cm³/mol. The van der Waals surface area contributed by atoms with Gasteiger partial charge in [-0.1, -0.05) is 5.92 Å². The second-order valence-electron chi connectivity index (χ2n) is 2.60. The first-order valence-corrected chi connectivity index (χ1v) is 4.19. The molecule has 0 aliphatic carbocycles. The maximum Gasteiger partial charge on any atom is 0.182 e. The zero-order chi connectivity index (χ0) is 9.80. The summed E-state index contributed by atoms with van der Waals surface area (Å²) in [6.07, 6.45) is 3.07. The molecule has 0 amide bonds. The van der Waals surface area contributed by atoms with Crippen molar-refractivity contribution in [3.63, 3.8) is 0 Å². The van der Waals surface area contributed by atoms with Crippen LogP contribution in [0, 0.1) is 11.8 Å². The lowest BCUT2D eigenvalue weighted by atomic mass is 10.5. The molecule has 0 fully saturated rings. The van der Waals surface area contributed by atoms with Crippen LogP contribution in [0.1, 0.15) is 6.92 Å². The molecule has 70 valence electrons. The number of fused-ring (bicyclic) bond motifs is 1. The molecular formula is C9H9N5. The maximum absolute atomic E-state index is 4.09. The average molecular weight is 187 g/mol. The van der Waals surface area contributed by atoms with Gasteiger partial charge in [0.2, 0.25) is 0 Å². The summed E-state index contributed by atoms with van der Waals surface area (Å²) in [7, 11) is 0. The normalized spacial score (nSPS) is 9.50. The summed E-state index contributed by atoms with van der Waals surface area (Å²) in [5, 5.41) is 3.08. The monoisotopic (exact) mass is 187 g/mol. The fourth-order valence-electron chi connectivity index (χ4n) is 1.12. The molecule has 0 aliphatic rings. The molecule has 0 unspecified atom stereocenters. The largest absolute Gasteiger partial charge is 0.357 e. The molecule has 5 heteroatoms. The fraction of sp³-hybridized carbons (Fsp3) is 0.222. The van der Waals surface area contributed by atoms with Gasteiger partial charge in [-0.2, -0.15) is 0 Å². The van der Waals surface area contributed by atoms with E-state index in [1.54, 1.807) is 13.3 Å². The molecule has 0 radical (unpaired) electrons. The molecule has 5 nitrogen and oxygen atoms in total. The molecule has 0 bridgehead atoms. The summed E-state index contributed by atoms with van der Waals surface area (Å²) in [5.74, 6) is 6.43. The van der Waals surface area contributed by atoms with E-state index in [0.29, 0.717) is 12.2 Å². The van der Waals surface area contributed by atoms with Crippen molar-refractivity contribution in [3.05, 3.63) is 12.7 Å². The van der Waals surface area contributed by atoms with E-state index in [2.05, 4.69) is 37.1 Å². The van der Waals surface area contributed by atoms with Crippen LogP contribution in [0.2, 0.25) is 0 Å². The Balaban J connectivity index is 2.30. The molecule has 14 heavy (non-hydrogen) atoms. The molecule has 2 N–H and O–H groups in total. The van der Waals surface area contributed by atoms with Crippen molar-refractivity contribution in [3.8, 4) is 11.8 Å². The Morgan fingerprint density at radius 2 is 2.36 bits per heavy atom. The quantitative estimate of drug-likeness (QED) is 0.682. The van der Waals surface area contributed by atoms with Crippen LogP contribution in [0.15, 0.2) is 12.7 Å². The highest BCUT2D eigenvalue weighted by atomic mass is 15.1. The highest BCUT2D eigenvalue weighted by molar-refractivity contribution is 5.81. The van der Waals surface area contributed by atoms with Crippen molar-refractivity contribution in [2.75, 3.05) is 11.9 Å². The Morgan fingerprint density at radius 1 is 1.43 bits per heavy atom. The molecule has 2 rings (SSSR count). The first kappa shape index (κ1) is 8.51. The second kappa shape index (κ2) is 3.75. The van der Waals surface area contributed by atoms with Crippen LogP contribution in [-0.4, -0.2) is 26.5 Å². The van der Waals surface area contributed by atoms with Crippen molar-refractivity contribution in [2.45, 2.75) is 6.92 Å². The first-order chi connectivity index (χ1) is 6.92. The van der Waals surface area contributed by atoms with E-state index in [0.717, 1.165) is 11.3 Å². The van der Waals surface area contributed by atoms with Crippen LogP contribution in [0.5, 0.6) is 0 Å². The minimum Gasteiger partial charge on any atom is -0.357 e. The average Bonchev–Trinajstić information content (AvgIpc) is 2.67. The van der Waals surface area contributed by atoms with Crippen LogP contribution in [0.4, 0.5) is 5.82 Å². The Labute approximate surface area is 81.0 Å². The maximum atomic E-state index is 4.09. The molecule has 0 atom stereocenters. The van der Waals surface area contributed by atoms with Crippen molar-refractivity contribution >= 4 is 17.0 Å². The van der Waals surface area contributed by atoms with Gasteiger partial charge in [-0.3, -0.25) is 0 Å². The van der Waals surface area contributed by atoms with E-state index in [1.807, 2.05) is 0 Å². The third kappa shape index (κ3) is 1.50. The predicted octanol–water partition coefficient (Wildman–Crippen LogP) is 0.788. The van der Waals surface area contributed by atoms with Gasteiger partial charge in [-0.25, -0.2) is 15.0 Å². The van der Waals surface area contributed by atoms with Gasteiger partial charge in [0.25, 0.3) is 0 Å². The summed E-state index contributed by atoms with van der Waals surface area (Å²) in [4.78, 5) is 15.1. The van der Waals surface area contributed by atoms with Crippen LogP contribution in [0.3, 0.4) is 0 Å². The number of nitrogens with zero attached hydrogens (tertiary/aromatic N) is 3. The summed E-state index contributed by atoms with van der Waals surface area (Å²) < 4.78 is 0. The Hall–Kier alpha value is -2.09. The van der Waals surface area contributed by atoms with E-state index in [1.165, 1.54) is 6.33 Å². The number of H-pyrrole nitrogens is 1. The lowest BCUT2D eigenvalue weighted by Gasteiger charge is -2.00. The molecule has 2 aromatic rings. The summed E-state index contributed by atoms with van der Waals surface area (Å²) in [6, 6.07) is 0. The lowest BCUT2D eigenvalue weighted by Crippen LogP contribution is -2.02. The van der Waals surface area contributed by atoms with E-state index in [9.17, 15) is 0 Å². The van der Waals surface area contributed by atoms with Gasteiger partial charge in [-0.15, -0.1) is 5.92 Å². The lowest BCUT2D eigenvalue weighted by molar-refractivity contribution is 1.17. The van der Waals surface area contributed by atoms with E-state index in [-0.39, 0.29) is 0 Å². The Morgan fingerprint density at radius 3 is 3.21 bits per heavy atom. The number of hydrogen-bond acceptors (Lipinski definition) is 4. The number of rotatable bonds is 2. The highest BCUT2D eigenvalue weighted by Crippen LogP contribution is 2.13. The van der Waals surface area contributed by atoms with Crippen molar-refractivity contribution in [2.24, 2.45) is 0 Å². The van der Waals surface area contributed by atoms with Crippen molar-refractivity contribution in [1.29, 1.82) is 0 Å². The van der Waals surface area contributed by atoms with Gasteiger partial charge in [0.05, 0.1) is 12.9 Å². The SMILES string of the molecule is CC#CCNc1ncnc2nc[nH]c12. The topological polar surface area (TPSA) is 66.5 Å². The zero-order valence-corrected chi connectivity index (χ0v) is 7.70. The number of anilines is 1. The molecular weight excluding hydrogens is 178 g/mol. The molecule has 2 aromatic heterocycles. The number of aromatic amines is 1. The standard InChI is InChI=1S/C9H9N5/c1-2-3-4-10-8-7-9(12-5-11-7)14-6-13-8/h5-6H,4H2,1H3,(H2,10,11,12,13,14). The molecule has 0 aromatic carbocycles. The number of imidazole rings is 1. The van der Waals surface area contributed by atoms with Crippen LogP contribution in [0.25, 0.3) is 11.2 Å². The Bertz CT molecular complexity index is 490. The fourth-order valence-corrected chi connectivity index (χ4v) is 1.12. The number of hydrogen-bond donors (Lipinski definition) is 2. The molecule has 2 heterocycles. The van der Waals surface area contributed by atoms with E-state index >= 15 is 0 Å². The van der Waals surface area contributed by atoms with Gasteiger partial charge in [0, 0.05) is 0 Å². The molecule has 0 saturated heterocycles. The molecule has 0 aliphatic heterocycles.